The lowest BCUT2D eigenvalue weighted by Gasteiger charge is -2.36. The van der Waals surface area contributed by atoms with Crippen molar-refractivity contribution in [2.75, 3.05) is 42.9 Å². The summed E-state index contributed by atoms with van der Waals surface area (Å²) in [6.07, 6.45) is 3.93. The smallest absolute Gasteiger partial charge is 0.410 e. The third-order valence-corrected chi connectivity index (χ3v) is 10.7. The maximum absolute atomic E-state index is 15.1. The molecule has 2 aromatic heterocycles. The van der Waals surface area contributed by atoms with Gasteiger partial charge >= 0.3 is 12.2 Å². The zero-order chi connectivity index (χ0) is 43.9. The molecule has 0 radical (unpaired) electrons. The van der Waals surface area contributed by atoms with E-state index >= 15 is 4.39 Å². The molecule has 4 amide bonds. The number of aryl methyl sites for hydroxylation is 1. The Bertz CT molecular complexity index is 2150. The Labute approximate surface area is 355 Å². The fourth-order valence-electron chi connectivity index (χ4n) is 7.47. The van der Waals surface area contributed by atoms with Crippen molar-refractivity contribution in [3.8, 4) is 22.5 Å². The van der Waals surface area contributed by atoms with Crippen molar-refractivity contribution in [2.24, 2.45) is 11.8 Å². The summed E-state index contributed by atoms with van der Waals surface area (Å²) in [4.78, 5) is 61.0. The van der Waals surface area contributed by atoms with Crippen molar-refractivity contribution in [1.82, 2.24) is 41.1 Å². The number of carbonyl (C=O) groups is 4. The van der Waals surface area contributed by atoms with Crippen LogP contribution in [0.25, 0.3) is 22.5 Å². The highest BCUT2D eigenvalue weighted by molar-refractivity contribution is 5.98. The first-order valence-electron chi connectivity index (χ1n) is 20.8. The lowest BCUT2D eigenvalue weighted by atomic mass is 9.81. The number of pyridine rings is 1. The summed E-state index contributed by atoms with van der Waals surface area (Å²) in [6.45, 7) is 15.9. The lowest BCUT2D eigenvalue weighted by Crippen LogP contribution is -2.50. The van der Waals surface area contributed by atoms with Crippen LogP contribution in [0.15, 0.2) is 54.7 Å². The van der Waals surface area contributed by atoms with Gasteiger partial charge < -0.3 is 35.2 Å². The third-order valence-electron chi connectivity index (χ3n) is 10.7. The Morgan fingerprint density at radius 2 is 1.57 bits per heavy atom. The molecule has 1 saturated carbocycles. The molecule has 326 valence electrons. The number of nitrogens with zero attached hydrogens (tertiary/aromatic N) is 6. The van der Waals surface area contributed by atoms with Crippen LogP contribution in [0.4, 0.5) is 25.5 Å². The van der Waals surface area contributed by atoms with E-state index in [1.807, 2.05) is 85.0 Å². The van der Waals surface area contributed by atoms with E-state index in [1.165, 1.54) is 12.1 Å². The predicted molar refractivity (Wildman–Crippen MR) is 228 cm³/mol. The molecule has 4 aromatic rings. The van der Waals surface area contributed by atoms with Crippen LogP contribution in [-0.4, -0.2) is 104 Å². The SMILES string of the molecule is Cc1cc(N2CCN(C(=O)OC(C)(C)C)CC2)ncc1-c1ccc(C[C@H](NC(=O)C2CCC(CNC(=O)OC(C)(C)C)CC2)C(=O)Nc2ccc(-c3nn[nH]n3)c(F)c2)cc1. The first-order valence-corrected chi connectivity index (χ1v) is 20.8. The molecule has 61 heavy (non-hydrogen) atoms. The van der Waals surface area contributed by atoms with Crippen molar-refractivity contribution in [3.05, 3.63) is 71.7 Å². The number of hydrogen-bond donors (Lipinski definition) is 4. The van der Waals surface area contributed by atoms with E-state index in [4.69, 9.17) is 14.5 Å². The van der Waals surface area contributed by atoms with Crippen molar-refractivity contribution in [1.29, 1.82) is 0 Å². The molecule has 6 rings (SSSR count). The van der Waals surface area contributed by atoms with Gasteiger partial charge in [0.1, 0.15) is 28.9 Å². The number of carbonyl (C=O) groups excluding carboxylic acids is 4. The molecule has 1 aliphatic carbocycles. The maximum Gasteiger partial charge on any atom is 0.410 e. The number of amides is 4. The molecule has 16 nitrogen and oxygen atoms in total. The average Bonchev–Trinajstić information content (AvgIpc) is 3.74. The van der Waals surface area contributed by atoms with Crippen LogP contribution in [0.1, 0.15) is 78.4 Å². The minimum atomic E-state index is -0.969. The molecule has 17 heteroatoms. The first-order chi connectivity index (χ1) is 28.9. The Balaban J connectivity index is 1.10. The van der Waals surface area contributed by atoms with Gasteiger partial charge in [-0.25, -0.2) is 19.0 Å². The lowest BCUT2D eigenvalue weighted by molar-refractivity contribution is -0.130. The molecule has 1 saturated heterocycles. The van der Waals surface area contributed by atoms with Gasteiger partial charge in [0.25, 0.3) is 0 Å². The van der Waals surface area contributed by atoms with Crippen LogP contribution in [0, 0.1) is 24.6 Å². The van der Waals surface area contributed by atoms with Crippen LogP contribution in [0.2, 0.25) is 0 Å². The van der Waals surface area contributed by atoms with E-state index in [-0.39, 0.29) is 47.3 Å². The van der Waals surface area contributed by atoms with Crippen molar-refractivity contribution in [2.45, 2.75) is 97.8 Å². The maximum atomic E-state index is 15.1. The highest BCUT2D eigenvalue weighted by Crippen LogP contribution is 2.30. The number of anilines is 2. The summed E-state index contributed by atoms with van der Waals surface area (Å²) in [5.41, 5.74) is 2.92. The summed E-state index contributed by atoms with van der Waals surface area (Å²) in [5.74, 6) is -0.570. The Morgan fingerprint density at radius 1 is 0.885 bits per heavy atom. The second-order valence-corrected chi connectivity index (χ2v) is 17.8. The van der Waals surface area contributed by atoms with Gasteiger partial charge in [-0.3, -0.25) is 9.59 Å². The number of alkyl carbamates (subject to hydrolysis) is 1. The summed E-state index contributed by atoms with van der Waals surface area (Å²) < 4.78 is 26.0. The van der Waals surface area contributed by atoms with E-state index in [1.54, 1.807) is 11.0 Å². The summed E-state index contributed by atoms with van der Waals surface area (Å²) in [7, 11) is 0. The number of nitrogens with one attached hydrogen (secondary N) is 4. The van der Waals surface area contributed by atoms with E-state index < -0.39 is 35.1 Å². The number of rotatable bonds is 11. The number of H-pyrrole nitrogens is 1. The third kappa shape index (κ3) is 12.5. The summed E-state index contributed by atoms with van der Waals surface area (Å²) >= 11 is 0. The fraction of sp³-hybridized carbons (Fsp3) is 0.500. The summed E-state index contributed by atoms with van der Waals surface area (Å²) in [6, 6.07) is 13.0. The van der Waals surface area contributed by atoms with Crippen molar-refractivity contribution in [3.63, 3.8) is 0 Å². The Morgan fingerprint density at radius 3 is 2.18 bits per heavy atom. The highest BCUT2D eigenvalue weighted by atomic mass is 19.1. The normalized spacial score (nSPS) is 17.6. The van der Waals surface area contributed by atoms with Gasteiger partial charge in [-0.1, -0.05) is 24.3 Å². The van der Waals surface area contributed by atoms with Gasteiger partial charge in [-0.2, -0.15) is 5.21 Å². The zero-order valence-electron chi connectivity index (χ0n) is 36.0. The topological polar surface area (TPSA) is 197 Å². The summed E-state index contributed by atoms with van der Waals surface area (Å²) in [5, 5.41) is 22.0. The molecule has 0 bridgehead atoms. The highest BCUT2D eigenvalue weighted by Gasteiger charge is 2.31. The molecule has 2 aromatic carbocycles. The number of halogens is 1. The molecule has 0 spiro atoms. The van der Waals surface area contributed by atoms with Gasteiger partial charge in [-0.05, 0) is 126 Å². The number of aromatic nitrogens is 5. The number of hydrogen-bond acceptors (Lipinski definition) is 11. The second kappa shape index (κ2) is 19.1. The van der Waals surface area contributed by atoms with Crippen LogP contribution >= 0.6 is 0 Å². The van der Waals surface area contributed by atoms with E-state index in [0.717, 1.165) is 40.9 Å². The van der Waals surface area contributed by atoms with Crippen LogP contribution in [0.5, 0.6) is 0 Å². The Kier molecular flexibility index (Phi) is 13.9. The van der Waals surface area contributed by atoms with E-state index in [2.05, 4.69) is 41.5 Å². The minimum Gasteiger partial charge on any atom is -0.444 e. The Hall–Kier alpha value is -6.13. The monoisotopic (exact) mass is 840 g/mol. The largest absolute Gasteiger partial charge is 0.444 e. The van der Waals surface area contributed by atoms with Gasteiger partial charge in [0, 0.05) is 62.5 Å². The quantitative estimate of drug-likeness (QED) is 0.130. The van der Waals surface area contributed by atoms with E-state index in [9.17, 15) is 19.2 Å². The number of tetrazole rings is 1. The second-order valence-electron chi connectivity index (χ2n) is 17.8. The van der Waals surface area contributed by atoms with Crippen LogP contribution in [-0.2, 0) is 25.5 Å². The molecular formula is C44H57FN10O6. The molecule has 2 fully saturated rings. The standard InChI is InChI=1S/C44H57FN10O6/c1-27-22-37(54-18-20-55(21-19-54)42(59)61-44(5,6)7)46-26-34(27)30-12-8-28(9-13-30)23-36(40(57)48-32-16-17-33(35(45)24-32)38-50-52-53-51-38)49-39(56)31-14-10-29(11-15-31)25-47-41(58)60-43(2,3)4/h8-9,12-13,16-17,22,24,26,29,31,36H,10-11,14-15,18-21,23,25H2,1-7H3,(H,47,58)(H,48,57)(H,49,56)(H,50,51,52,53)/t29?,31?,36-/m0/s1. The average molecular weight is 841 g/mol. The molecule has 2 aliphatic rings. The molecule has 0 unspecified atom stereocenters. The number of ether oxygens (including phenoxy) is 2. The molecule has 3 heterocycles. The number of piperazine rings is 1. The van der Waals surface area contributed by atoms with E-state index in [0.29, 0.717) is 45.6 Å². The predicted octanol–water partition coefficient (Wildman–Crippen LogP) is 6.43. The van der Waals surface area contributed by atoms with Crippen LogP contribution in [0.3, 0.4) is 0 Å². The zero-order valence-corrected chi connectivity index (χ0v) is 36.0. The van der Waals surface area contributed by atoms with Gasteiger partial charge in [0.2, 0.25) is 17.6 Å². The molecule has 1 aliphatic heterocycles. The number of aromatic amines is 1. The van der Waals surface area contributed by atoms with Crippen LogP contribution < -0.4 is 20.9 Å². The molecule has 4 N–H and O–H groups in total. The fourth-order valence-corrected chi connectivity index (χ4v) is 7.47. The van der Waals surface area contributed by atoms with Gasteiger partial charge in [0.05, 0.1) is 5.56 Å². The molecule has 1 atom stereocenters. The van der Waals surface area contributed by atoms with Crippen molar-refractivity contribution >= 4 is 35.5 Å². The van der Waals surface area contributed by atoms with Crippen molar-refractivity contribution < 1.29 is 33.0 Å². The van der Waals surface area contributed by atoms with Gasteiger partial charge in [-0.15, -0.1) is 10.2 Å². The minimum absolute atomic E-state index is 0.0800. The molecular weight excluding hydrogens is 784 g/mol. The van der Waals surface area contributed by atoms with Gasteiger partial charge in [0.15, 0.2) is 0 Å². The first kappa shape index (κ1) is 44.4. The number of benzene rings is 2.